The maximum absolute atomic E-state index is 12.1. The Labute approximate surface area is 153 Å². The predicted molar refractivity (Wildman–Crippen MR) is 104 cm³/mol. The second kappa shape index (κ2) is 9.58. The van der Waals surface area contributed by atoms with Crippen molar-refractivity contribution in [1.29, 1.82) is 0 Å². The standard InChI is InChI=1S/C20H25N3O3/c1-14-4-7-18(12-15(14)2)22-13-19(24)23-17-8-5-16(6-9-17)20(25)21-10-11-26-3/h4-9,12,22H,10-11,13H2,1-3H3,(H,21,25)(H,23,24). The van der Waals surface area contributed by atoms with E-state index in [0.717, 1.165) is 5.69 Å². The molecule has 0 aliphatic heterocycles. The van der Waals surface area contributed by atoms with Crippen LogP contribution in [-0.4, -0.2) is 38.6 Å². The number of hydrogen-bond donors (Lipinski definition) is 3. The minimum absolute atomic E-state index is 0.152. The summed E-state index contributed by atoms with van der Waals surface area (Å²) in [5.74, 6) is -0.322. The fourth-order valence-corrected chi connectivity index (χ4v) is 2.31. The Morgan fingerprint density at radius 2 is 1.65 bits per heavy atom. The van der Waals surface area contributed by atoms with Crippen molar-refractivity contribution < 1.29 is 14.3 Å². The van der Waals surface area contributed by atoms with E-state index < -0.39 is 0 Å². The summed E-state index contributed by atoms with van der Waals surface area (Å²) in [4.78, 5) is 24.0. The zero-order chi connectivity index (χ0) is 18.9. The number of ether oxygens (including phenoxy) is 1. The molecule has 0 radical (unpaired) electrons. The molecule has 0 aromatic heterocycles. The van der Waals surface area contributed by atoms with Gasteiger partial charge in [-0.05, 0) is 61.4 Å². The maximum Gasteiger partial charge on any atom is 0.251 e. The van der Waals surface area contributed by atoms with Crippen molar-refractivity contribution in [3.8, 4) is 0 Å². The first-order valence-corrected chi connectivity index (χ1v) is 8.48. The highest BCUT2D eigenvalue weighted by Crippen LogP contribution is 2.14. The number of nitrogens with one attached hydrogen (secondary N) is 3. The third kappa shape index (κ3) is 5.89. The minimum Gasteiger partial charge on any atom is -0.383 e. The van der Waals surface area contributed by atoms with Gasteiger partial charge < -0.3 is 20.7 Å². The van der Waals surface area contributed by atoms with Crippen LogP contribution in [0.1, 0.15) is 21.5 Å². The first kappa shape index (κ1) is 19.5. The van der Waals surface area contributed by atoms with E-state index in [1.165, 1.54) is 11.1 Å². The van der Waals surface area contributed by atoms with Crippen LogP contribution < -0.4 is 16.0 Å². The van der Waals surface area contributed by atoms with Gasteiger partial charge in [0.25, 0.3) is 5.91 Å². The molecule has 0 unspecified atom stereocenters. The van der Waals surface area contributed by atoms with Gasteiger partial charge in [-0.2, -0.15) is 0 Å². The molecule has 0 aliphatic carbocycles. The van der Waals surface area contributed by atoms with Gasteiger partial charge in [0, 0.05) is 30.6 Å². The van der Waals surface area contributed by atoms with Crippen LogP contribution >= 0.6 is 0 Å². The summed E-state index contributed by atoms with van der Waals surface area (Å²) in [6.45, 7) is 5.17. The van der Waals surface area contributed by atoms with Crippen LogP contribution in [0.5, 0.6) is 0 Å². The number of hydrogen-bond acceptors (Lipinski definition) is 4. The monoisotopic (exact) mass is 355 g/mol. The number of carbonyl (C=O) groups excluding carboxylic acids is 2. The van der Waals surface area contributed by atoms with Crippen LogP contribution in [0.25, 0.3) is 0 Å². The molecule has 0 heterocycles. The molecule has 26 heavy (non-hydrogen) atoms. The molecule has 6 nitrogen and oxygen atoms in total. The Morgan fingerprint density at radius 1 is 0.962 bits per heavy atom. The summed E-state index contributed by atoms with van der Waals surface area (Å²) in [7, 11) is 1.58. The highest BCUT2D eigenvalue weighted by Gasteiger charge is 2.06. The second-order valence-electron chi connectivity index (χ2n) is 6.03. The molecule has 0 fully saturated rings. The van der Waals surface area contributed by atoms with Crippen molar-refractivity contribution in [1.82, 2.24) is 5.32 Å². The highest BCUT2D eigenvalue weighted by atomic mass is 16.5. The van der Waals surface area contributed by atoms with Gasteiger partial charge >= 0.3 is 0 Å². The van der Waals surface area contributed by atoms with Crippen LogP contribution in [0.3, 0.4) is 0 Å². The molecule has 0 bridgehead atoms. The van der Waals surface area contributed by atoms with Crippen LogP contribution in [-0.2, 0) is 9.53 Å². The fraction of sp³-hybridized carbons (Fsp3) is 0.300. The third-order valence-electron chi connectivity index (χ3n) is 3.98. The van der Waals surface area contributed by atoms with E-state index >= 15 is 0 Å². The summed E-state index contributed by atoms with van der Waals surface area (Å²) < 4.78 is 4.89. The van der Waals surface area contributed by atoms with E-state index in [4.69, 9.17) is 4.74 Å². The molecule has 2 aromatic carbocycles. The lowest BCUT2D eigenvalue weighted by Gasteiger charge is -2.10. The number of aryl methyl sites for hydroxylation is 2. The average molecular weight is 355 g/mol. The number of rotatable bonds is 8. The molecule has 138 valence electrons. The number of anilines is 2. The van der Waals surface area contributed by atoms with Gasteiger partial charge in [-0.25, -0.2) is 0 Å². The van der Waals surface area contributed by atoms with E-state index in [2.05, 4.69) is 16.0 Å². The number of carbonyl (C=O) groups is 2. The van der Waals surface area contributed by atoms with E-state index in [9.17, 15) is 9.59 Å². The second-order valence-corrected chi connectivity index (χ2v) is 6.03. The normalized spacial score (nSPS) is 10.3. The zero-order valence-electron chi connectivity index (χ0n) is 15.4. The Morgan fingerprint density at radius 3 is 2.31 bits per heavy atom. The molecule has 6 heteroatoms. The molecule has 3 N–H and O–H groups in total. The molecule has 0 atom stereocenters. The van der Waals surface area contributed by atoms with Crippen molar-refractivity contribution in [2.45, 2.75) is 13.8 Å². The van der Waals surface area contributed by atoms with Crippen molar-refractivity contribution >= 4 is 23.2 Å². The van der Waals surface area contributed by atoms with Gasteiger partial charge in [-0.15, -0.1) is 0 Å². The summed E-state index contributed by atoms with van der Waals surface area (Å²) in [5, 5.41) is 8.65. The molecule has 0 saturated carbocycles. The summed E-state index contributed by atoms with van der Waals surface area (Å²) >= 11 is 0. The SMILES string of the molecule is COCCNC(=O)c1ccc(NC(=O)CNc2ccc(C)c(C)c2)cc1. The Kier molecular flexibility index (Phi) is 7.17. The van der Waals surface area contributed by atoms with Crippen molar-refractivity contribution in [3.63, 3.8) is 0 Å². The Bertz CT molecular complexity index is 757. The average Bonchev–Trinajstić information content (AvgIpc) is 2.63. The lowest BCUT2D eigenvalue weighted by molar-refractivity contribution is -0.114. The summed E-state index contributed by atoms with van der Waals surface area (Å²) in [5.41, 5.74) is 4.48. The van der Waals surface area contributed by atoms with Gasteiger partial charge in [0.05, 0.1) is 13.2 Å². The minimum atomic E-state index is -0.170. The van der Waals surface area contributed by atoms with E-state index in [0.29, 0.717) is 24.4 Å². The number of methoxy groups -OCH3 is 1. The maximum atomic E-state index is 12.1. The quantitative estimate of drug-likeness (QED) is 0.636. The van der Waals surface area contributed by atoms with Crippen LogP contribution in [0, 0.1) is 13.8 Å². The lowest BCUT2D eigenvalue weighted by Crippen LogP contribution is -2.27. The lowest BCUT2D eigenvalue weighted by atomic mass is 10.1. The van der Waals surface area contributed by atoms with E-state index in [-0.39, 0.29) is 18.4 Å². The van der Waals surface area contributed by atoms with E-state index in [1.54, 1.807) is 31.4 Å². The molecular weight excluding hydrogens is 330 g/mol. The molecule has 0 spiro atoms. The Balaban J connectivity index is 1.83. The van der Waals surface area contributed by atoms with Crippen molar-refractivity contribution in [2.75, 3.05) is 37.4 Å². The topological polar surface area (TPSA) is 79.5 Å². The van der Waals surface area contributed by atoms with Gasteiger partial charge in [-0.3, -0.25) is 9.59 Å². The largest absolute Gasteiger partial charge is 0.383 e. The van der Waals surface area contributed by atoms with Crippen LogP contribution in [0.15, 0.2) is 42.5 Å². The molecule has 2 rings (SSSR count). The van der Waals surface area contributed by atoms with Crippen molar-refractivity contribution in [3.05, 3.63) is 59.2 Å². The zero-order valence-corrected chi connectivity index (χ0v) is 15.4. The Hall–Kier alpha value is -2.86. The third-order valence-corrected chi connectivity index (χ3v) is 3.98. The van der Waals surface area contributed by atoms with Gasteiger partial charge in [0.15, 0.2) is 0 Å². The highest BCUT2D eigenvalue weighted by molar-refractivity contribution is 5.96. The number of benzene rings is 2. The van der Waals surface area contributed by atoms with Gasteiger partial charge in [0.1, 0.15) is 0 Å². The van der Waals surface area contributed by atoms with Crippen LogP contribution in [0.4, 0.5) is 11.4 Å². The van der Waals surface area contributed by atoms with Gasteiger partial charge in [-0.1, -0.05) is 6.07 Å². The predicted octanol–water partition coefficient (Wildman–Crippen LogP) is 2.73. The fourth-order valence-electron chi connectivity index (χ4n) is 2.31. The molecular formula is C20H25N3O3. The molecule has 0 aliphatic rings. The smallest absolute Gasteiger partial charge is 0.251 e. The summed E-state index contributed by atoms with van der Waals surface area (Å²) in [6, 6.07) is 12.7. The molecule has 2 aromatic rings. The van der Waals surface area contributed by atoms with Gasteiger partial charge in [0.2, 0.25) is 5.91 Å². The molecule has 0 saturated heterocycles. The summed E-state index contributed by atoms with van der Waals surface area (Å²) in [6.07, 6.45) is 0. The first-order valence-electron chi connectivity index (χ1n) is 8.48. The van der Waals surface area contributed by atoms with Crippen LogP contribution in [0.2, 0.25) is 0 Å². The molecule has 2 amide bonds. The van der Waals surface area contributed by atoms with Crippen molar-refractivity contribution in [2.24, 2.45) is 0 Å². The first-order chi connectivity index (χ1) is 12.5. The van der Waals surface area contributed by atoms with E-state index in [1.807, 2.05) is 32.0 Å². The number of amides is 2.